The lowest BCUT2D eigenvalue weighted by molar-refractivity contribution is -0.140. The summed E-state index contributed by atoms with van der Waals surface area (Å²) in [6.45, 7) is 3.53. The van der Waals surface area contributed by atoms with Crippen LogP contribution < -0.4 is 9.62 Å². The van der Waals surface area contributed by atoms with Gasteiger partial charge >= 0.3 is 0 Å². The summed E-state index contributed by atoms with van der Waals surface area (Å²) in [5, 5.41) is 3.28. The molecule has 4 aromatic carbocycles. The highest BCUT2D eigenvalue weighted by atomic mass is 35.5. The Kier molecular flexibility index (Phi) is 11.6. The quantitative estimate of drug-likeness (QED) is 0.171. The third-order valence-corrected chi connectivity index (χ3v) is 9.19. The highest BCUT2D eigenvalue weighted by Gasteiger charge is 2.35. The number of anilines is 1. The fourth-order valence-corrected chi connectivity index (χ4v) is 6.63. The van der Waals surface area contributed by atoms with E-state index in [4.69, 9.17) is 23.2 Å². The molecule has 45 heavy (non-hydrogen) atoms. The molecule has 1 N–H and O–H groups in total. The first-order chi connectivity index (χ1) is 21.4. The van der Waals surface area contributed by atoms with Crippen molar-refractivity contribution in [1.82, 2.24) is 10.2 Å². The molecular weight excluding hydrogens is 636 g/mol. The van der Waals surface area contributed by atoms with Crippen LogP contribution in [-0.4, -0.2) is 44.3 Å². The maximum absolute atomic E-state index is 14.4. The molecule has 7 nitrogen and oxygen atoms in total. The number of hydrogen-bond donors (Lipinski definition) is 1. The Bertz CT molecular complexity index is 1690. The van der Waals surface area contributed by atoms with E-state index >= 15 is 0 Å². The second-order valence-corrected chi connectivity index (χ2v) is 13.7. The molecule has 0 bridgehead atoms. The van der Waals surface area contributed by atoms with Crippen LogP contribution in [0.1, 0.15) is 25.0 Å². The van der Waals surface area contributed by atoms with Gasteiger partial charge in [0.25, 0.3) is 10.0 Å². The minimum atomic E-state index is -4.30. The predicted molar refractivity (Wildman–Crippen MR) is 176 cm³/mol. The number of sulfonamides is 1. The number of rotatable bonds is 13. The Morgan fingerprint density at radius 1 is 0.822 bits per heavy atom. The van der Waals surface area contributed by atoms with Gasteiger partial charge in [0.15, 0.2) is 0 Å². The van der Waals surface area contributed by atoms with Crippen molar-refractivity contribution >= 4 is 50.7 Å². The van der Waals surface area contributed by atoms with Crippen molar-refractivity contribution in [2.75, 3.05) is 17.4 Å². The first-order valence-corrected chi connectivity index (χ1v) is 16.5. The monoisotopic (exact) mass is 669 g/mol. The van der Waals surface area contributed by atoms with E-state index in [0.717, 1.165) is 9.87 Å². The summed E-state index contributed by atoms with van der Waals surface area (Å²) in [5.41, 5.74) is 1.44. The van der Waals surface area contributed by atoms with E-state index in [9.17, 15) is 22.4 Å². The van der Waals surface area contributed by atoms with Crippen molar-refractivity contribution in [1.29, 1.82) is 0 Å². The molecule has 0 aliphatic heterocycles. The lowest BCUT2D eigenvalue weighted by Crippen LogP contribution is -2.53. The molecule has 236 valence electrons. The van der Waals surface area contributed by atoms with Crippen LogP contribution in [0.2, 0.25) is 10.0 Å². The molecule has 0 aliphatic rings. The van der Waals surface area contributed by atoms with Crippen molar-refractivity contribution in [3.05, 3.63) is 130 Å². The van der Waals surface area contributed by atoms with E-state index in [-0.39, 0.29) is 39.5 Å². The van der Waals surface area contributed by atoms with Crippen LogP contribution in [0.25, 0.3) is 0 Å². The number of nitrogens with one attached hydrogen (secondary N) is 1. The van der Waals surface area contributed by atoms with Gasteiger partial charge in [0, 0.05) is 29.6 Å². The van der Waals surface area contributed by atoms with Gasteiger partial charge < -0.3 is 10.2 Å². The van der Waals surface area contributed by atoms with Crippen molar-refractivity contribution in [3.8, 4) is 0 Å². The lowest BCUT2D eigenvalue weighted by Gasteiger charge is -2.34. The maximum Gasteiger partial charge on any atom is 0.264 e. The number of benzene rings is 4. The van der Waals surface area contributed by atoms with E-state index in [1.54, 1.807) is 18.2 Å². The summed E-state index contributed by atoms with van der Waals surface area (Å²) < 4.78 is 42.8. The van der Waals surface area contributed by atoms with Crippen molar-refractivity contribution in [2.24, 2.45) is 5.92 Å². The van der Waals surface area contributed by atoms with E-state index in [0.29, 0.717) is 12.1 Å². The molecule has 0 heterocycles. The molecule has 4 aromatic rings. The smallest absolute Gasteiger partial charge is 0.264 e. The second kappa shape index (κ2) is 15.4. The third kappa shape index (κ3) is 9.29. The Morgan fingerprint density at radius 3 is 1.98 bits per heavy atom. The van der Waals surface area contributed by atoms with Crippen molar-refractivity contribution in [2.45, 2.75) is 37.8 Å². The zero-order chi connectivity index (χ0) is 32.6. The second-order valence-electron chi connectivity index (χ2n) is 10.9. The fourth-order valence-electron chi connectivity index (χ4n) is 4.69. The van der Waals surface area contributed by atoms with E-state index in [1.807, 2.05) is 44.2 Å². The summed E-state index contributed by atoms with van der Waals surface area (Å²) in [4.78, 5) is 29.5. The normalized spacial score (nSPS) is 12.0. The van der Waals surface area contributed by atoms with Gasteiger partial charge in [0.05, 0.1) is 10.6 Å². The first-order valence-electron chi connectivity index (χ1n) is 14.3. The standard InChI is InChI=1S/C34H34Cl2FN3O4S/c1-24(2)21-38-34(42)32(17-25-9-5-3-6-10-25)39(22-26-13-15-29(37)16-14-26)33(41)23-40(30-19-27(35)18-28(36)20-30)45(43,44)31-11-7-4-8-12-31/h3-16,18-20,24,32H,17,21-23H2,1-2H3,(H,38,42)/t32-/m0/s1. The molecule has 0 fully saturated rings. The number of halogens is 3. The number of carbonyl (C=O) groups is 2. The minimum absolute atomic E-state index is 0.0468. The minimum Gasteiger partial charge on any atom is -0.354 e. The number of amides is 2. The molecule has 0 spiro atoms. The topological polar surface area (TPSA) is 86.8 Å². The molecular formula is C34H34Cl2FN3O4S. The number of nitrogens with zero attached hydrogens (tertiary/aromatic N) is 2. The summed E-state index contributed by atoms with van der Waals surface area (Å²) in [6.07, 6.45) is 0.159. The molecule has 0 saturated heterocycles. The molecule has 0 radical (unpaired) electrons. The van der Waals surface area contributed by atoms with E-state index in [2.05, 4.69) is 5.32 Å². The largest absolute Gasteiger partial charge is 0.354 e. The number of carbonyl (C=O) groups excluding carboxylic acids is 2. The summed E-state index contributed by atoms with van der Waals surface area (Å²) in [5.74, 6) is -1.36. The molecule has 0 unspecified atom stereocenters. The SMILES string of the molecule is CC(C)CNC(=O)[C@H](Cc1ccccc1)N(Cc1ccc(F)cc1)C(=O)CN(c1cc(Cl)cc(Cl)c1)S(=O)(=O)c1ccccc1. The average Bonchev–Trinajstić information content (AvgIpc) is 3.01. The zero-order valence-corrected chi connectivity index (χ0v) is 27.2. The van der Waals surface area contributed by atoms with Crippen LogP contribution in [0, 0.1) is 11.7 Å². The van der Waals surface area contributed by atoms with Gasteiger partial charge in [0.1, 0.15) is 18.4 Å². The van der Waals surface area contributed by atoms with Crippen LogP contribution in [0.5, 0.6) is 0 Å². The van der Waals surface area contributed by atoms with Crippen LogP contribution in [0.3, 0.4) is 0 Å². The van der Waals surface area contributed by atoms with E-state index < -0.39 is 40.2 Å². The Hall–Kier alpha value is -3.92. The molecule has 1 atom stereocenters. The van der Waals surface area contributed by atoms with Gasteiger partial charge in [-0.2, -0.15) is 0 Å². The average molecular weight is 671 g/mol. The van der Waals surface area contributed by atoms with Gasteiger partial charge in [-0.3, -0.25) is 13.9 Å². The summed E-state index contributed by atoms with van der Waals surface area (Å²) >= 11 is 12.5. The van der Waals surface area contributed by atoms with Crippen LogP contribution >= 0.6 is 23.2 Å². The van der Waals surface area contributed by atoms with Gasteiger partial charge in [0.2, 0.25) is 11.8 Å². The van der Waals surface area contributed by atoms with Crippen LogP contribution in [0.15, 0.2) is 108 Å². The van der Waals surface area contributed by atoms with Gasteiger partial charge in [-0.1, -0.05) is 97.7 Å². The van der Waals surface area contributed by atoms with E-state index in [1.165, 1.54) is 59.5 Å². The highest BCUT2D eigenvalue weighted by Crippen LogP contribution is 2.30. The molecule has 0 aromatic heterocycles. The molecule has 4 rings (SSSR count). The summed E-state index contributed by atoms with van der Waals surface area (Å²) in [7, 11) is -4.30. The molecule has 11 heteroatoms. The maximum atomic E-state index is 14.4. The van der Waals surface area contributed by atoms with Gasteiger partial charge in [-0.15, -0.1) is 0 Å². The van der Waals surface area contributed by atoms with Crippen LogP contribution in [0.4, 0.5) is 10.1 Å². The zero-order valence-electron chi connectivity index (χ0n) is 24.9. The number of hydrogen-bond acceptors (Lipinski definition) is 4. The van der Waals surface area contributed by atoms with Crippen molar-refractivity contribution in [3.63, 3.8) is 0 Å². The Labute approximate surface area is 273 Å². The first kappa shape index (κ1) is 34.0. The van der Waals surface area contributed by atoms with Gasteiger partial charge in [-0.25, -0.2) is 12.8 Å². The van der Waals surface area contributed by atoms with Crippen LogP contribution in [-0.2, 0) is 32.6 Å². The predicted octanol–water partition coefficient (Wildman–Crippen LogP) is 6.74. The van der Waals surface area contributed by atoms with Crippen molar-refractivity contribution < 1.29 is 22.4 Å². The third-order valence-electron chi connectivity index (χ3n) is 6.97. The Morgan fingerprint density at radius 2 is 1.40 bits per heavy atom. The Balaban J connectivity index is 1.81. The lowest BCUT2D eigenvalue weighted by atomic mass is 10.0. The fraction of sp³-hybridized carbons (Fsp3) is 0.235. The highest BCUT2D eigenvalue weighted by molar-refractivity contribution is 7.92. The molecule has 0 aliphatic carbocycles. The molecule has 0 saturated carbocycles. The molecule has 2 amide bonds. The summed E-state index contributed by atoms with van der Waals surface area (Å²) in [6, 6.07) is 25.7. The van der Waals surface area contributed by atoms with Gasteiger partial charge in [-0.05, 0) is 59.5 Å².